The van der Waals surface area contributed by atoms with Gasteiger partial charge in [-0.3, -0.25) is 9.69 Å². The highest BCUT2D eigenvalue weighted by molar-refractivity contribution is 6.31. The van der Waals surface area contributed by atoms with Gasteiger partial charge in [0.05, 0.1) is 6.54 Å². The summed E-state index contributed by atoms with van der Waals surface area (Å²) in [6.45, 7) is 2.97. The number of aliphatic carboxylic acids is 1. The number of likely N-dealkylation sites (N-methyl/N-ethyl adjacent to an activating group) is 1. The third kappa shape index (κ3) is 4.73. The molecule has 0 saturated heterocycles. The maximum absolute atomic E-state index is 10.9. The molecule has 27 heavy (non-hydrogen) atoms. The van der Waals surface area contributed by atoms with Crippen LogP contribution in [0.4, 0.5) is 0 Å². The second-order valence-electron chi connectivity index (χ2n) is 6.77. The number of hydrogen-bond donors (Lipinski definition) is 1. The van der Waals surface area contributed by atoms with E-state index in [1.165, 1.54) is 5.56 Å². The molecule has 2 aromatic rings. The molecule has 0 spiro atoms. The van der Waals surface area contributed by atoms with Crippen LogP contribution in [0.3, 0.4) is 0 Å². The Labute approximate surface area is 164 Å². The number of hydrogen-bond acceptors (Lipinski definition) is 4. The van der Waals surface area contributed by atoms with Crippen molar-refractivity contribution in [3.8, 4) is 11.5 Å². The molecule has 1 N–H and O–H groups in total. The summed E-state index contributed by atoms with van der Waals surface area (Å²) in [4.78, 5) is 12.7. The van der Waals surface area contributed by atoms with Crippen LogP contribution < -0.4 is 9.47 Å². The third-order valence-electron chi connectivity index (χ3n) is 4.91. The van der Waals surface area contributed by atoms with Gasteiger partial charge in [-0.15, -0.1) is 0 Å². The van der Waals surface area contributed by atoms with Crippen molar-refractivity contribution in [2.75, 3.05) is 20.2 Å². The number of benzene rings is 2. The van der Waals surface area contributed by atoms with Crippen LogP contribution in [0.1, 0.15) is 23.6 Å². The van der Waals surface area contributed by atoms with E-state index < -0.39 is 5.97 Å². The van der Waals surface area contributed by atoms with E-state index in [4.69, 9.17) is 26.2 Å². The molecule has 0 aromatic heterocycles. The van der Waals surface area contributed by atoms with Gasteiger partial charge in [-0.2, -0.15) is 0 Å². The van der Waals surface area contributed by atoms with E-state index in [1.54, 1.807) is 11.9 Å². The zero-order valence-corrected chi connectivity index (χ0v) is 16.3. The van der Waals surface area contributed by atoms with Gasteiger partial charge < -0.3 is 14.6 Å². The van der Waals surface area contributed by atoms with Crippen molar-refractivity contribution in [2.45, 2.75) is 32.4 Å². The molecule has 1 aliphatic rings. The monoisotopic (exact) mass is 389 g/mol. The quantitative estimate of drug-likeness (QED) is 0.780. The van der Waals surface area contributed by atoms with Crippen LogP contribution in [0.2, 0.25) is 5.02 Å². The van der Waals surface area contributed by atoms with Crippen molar-refractivity contribution in [1.29, 1.82) is 0 Å². The third-order valence-corrected chi connectivity index (χ3v) is 5.27. The van der Waals surface area contributed by atoms with E-state index in [0.29, 0.717) is 18.2 Å². The first kappa shape index (κ1) is 19.5. The minimum atomic E-state index is -0.835. The largest absolute Gasteiger partial charge is 0.492 e. The zero-order valence-electron chi connectivity index (χ0n) is 15.6. The first-order valence-corrected chi connectivity index (χ1v) is 9.42. The van der Waals surface area contributed by atoms with Gasteiger partial charge in [0.25, 0.3) is 0 Å². The summed E-state index contributed by atoms with van der Waals surface area (Å²) in [5.74, 6) is 0.688. The number of aryl methyl sites for hydroxylation is 1. The fourth-order valence-electron chi connectivity index (χ4n) is 3.30. The van der Waals surface area contributed by atoms with Gasteiger partial charge in [0.2, 0.25) is 0 Å². The van der Waals surface area contributed by atoms with Crippen molar-refractivity contribution < 1.29 is 19.4 Å². The Balaban J connectivity index is 1.67. The van der Waals surface area contributed by atoms with E-state index in [2.05, 4.69) is 13.0 Å². The average molecular weight is 390 g/mol. The molecule has 144 valence electrons. The SMILES string of the molecule is CCc1cccc(Cl)c1COc1ccc2c(c1)OCC(N(C)CC(=O)O)C2. The summed E-state index contributed by atoms with van der Waals surface area (Å²) in [5.41, 5.74) is 3.25. The Bertz CT molecular complexity index is 824. The predicted octanol–water partition coefficient (Wildman–Crippen LogP) is 3.80. The molecule has 1 atom stereocenters. The second-order valence-corrected chi connectivity index (χ2v) is 7.17. The van der Waals surface area contributed by atoms with Crippen LogP contribution in [-0.4, -0.2) is 42.2 Å². The van der Waals surface area contributed by atoms with Crippen LogP contribution in [0, 0.1) is 0 Å². The molecule has 1 heterocycles. The average Bonchev–Trinajstić information content (AvgIpc) is 2.65. The molecule has 3 rings (SSSR count). The molecule has 6 heteroatoms. The summed E-state index contributed by atoms with van der Waals surface area (Å²) >= 11 is 6.32. The normalized spacial score (nSPS) is 15.9. The number of carbonyl (C=O) groups is 1. The lowest BCUT2D eigenvalue weighted by atomic mass is 10.0. The summed E-state index contributed by atoms with van der Waals surface area (Å²) in [6.07, 6.45) is 1.65. The number of nitrogens with zero attached hydrogens (tertiary/aromatic N) is 1. The first-order valence-electron chi connectivity index (χ1n) is 9.04. The molecule has 0 saturated carbocycles. The Morgan fingerprint density at radius 1 is 1.37 bits per heavy atom. The second kappa shape index (κ2) is 8.63. The van der Waals surface area contributed by atoms with Gasteiger partial charge in [-0.1, -0.05) is 36.7 Å². The fraction of sp³-hybridized carbons (Fsp3) is 0.381. The van der Waals surface area contributed by atoms with Crippen molar-refractivity contribution in [3.63, 3.8) is 0 Å². The molecule has 0 bridgehead atoms. The van der Waals surface area contributed by atoms with Crippen molar-refractivity contribution in [3.05, 3.63) is 58.1 Å². The highest BCUT2D eigenvalue weighted by Crippen LogP contribution is 2.31. The Morgan fingerprint density at radius 3 is 2.93 bits per heavy atom. The molecule has 1 aliphatic heterocycles. The van der Waals surface area contributed by atoms with Crippen molar-refractivity contribution >= 4 is 17.6 Å². The van der Waals surface area contributed by atoms with Crippen LogP contribution in [0.5, 0.6) is 11.5 Å². The number of ether oxygens (including phenoxy) is 2. The number of carboxylic acids is 1. The van der Waals surface area contributed by atoms with Crippen LogP contribution in [0.25, 0.3) is 0 Å². The number of rotatable bonds is 7. The van der Waals surface area contributed by atoms with Gasteiger partial charge in [-0.05, 0) is 43.1 Å². The lowest BCUT2D eigenvalue weighted by Crippen LogP contribution is -2.43. The maximum Gasteiger partial charge on any atom is 0.317 e. The number of fused-ring (bicyclic) bond motifs is 1. The number of carboxylic acid groups (broad SMARTS) is 1. The first-order chi connectivity index (χ1) is 13.0. The molecule has 0 radical (unpaired) electrons. The lowest BCUT2D eigenvalue weighted by Gasteiger charge is -2.31. The minimum Gasteiger partial charge on any atom is -0.492 e. The summed E-state index contributed by atoms with van der Waals surface area (Å²) in [7, 11) is 1.81. The maximum atomic E-state index is 10.9. The lowest BCUT2D eigenvalue weighted by molar-refractivity contribution is -0.138. The van der Waals surface area contributed by atoms with Crippen LogP contribution >= 0.6 is 11.6 Å². The summed E-state index contributed by atoms with van der Waals surface area (Å²) in [6, 6.07) is 11.7. The zero-order chi connectivity index (χ0) is 19.4. The van der Waals surface area contributed by atoms with Gasteiger partial charge >= 0.3 is 5.97 Å². The summed E-state index contributed by atoms with van der Waals surface area (Å²) in [5, 5.41) is 9.66. The van der Waals surface area contributed by atoms with E-state index >= 15 is 0 Å². The molecule has 0 fully saturated rings. The van der Waals surface area contributed by atoms with E-state index in [-0.39, 0.29) is 12.6 Å². The molecular formula is C21H24ClNO4. The van der Waals surface area contributed by atoms with Gasteiger partial charge in [0.1, 0.15) is 24.7 Å². The molecular weight excluding hydrogens is 366 g/mol. The Hall–Kier alpha value is -2.24. The van der Waals surface area contributed by atoms with Gasteiger partial charge in [0.15, 0.2) is 0 Å². The highest BCUT2D eigenvalue weighted by Gasteiger charge is 2.24. The topological polar surface area (TPSA) is 59.0 Å². The molecule has 5 nitrogen and oxygen atoms in total. The summed E-state index contributed by atoms with van der Waals surface area (Å²) < 4.78 is 11.8. The molecule has 1 unspecified atom stereocenters. The Kier molecular flexibility index (Phi) is 6.24. The van der Waals surface area contributed by atoms with E-state index in [1.807, 2.05) is 30.3 Å². The highest BCUT2D eigenvalue weighted by atomic mass is 35.5. The van der Waals surface area contributed by atoms with Gasteiger partial charge in [-0.25, -0.2) is 0 Å². The smallest absolute Gasteiger partial charge is 0.317 e. The standard InChI is InChI=1S/C21H24ClNO4/c1-3-14-5-4-6-19(22)18(14)13-26-17-8-7-15-9-16(12-27-20(15)10-17)23(2)11-21(24)25/h4-8,10,16H,3,9,11-13H2,1-2H3,(H,24,25). The number of halogens is 1. The molecule has 0 amide bonds. The van der Waals surface area contributed by atoms with E-state index in [0.717, 1.165) is 35.5 Å². The van der Waals surface area contributed by atoms with Crippen LogP contribution in [0.15, 0.2) is 36.4 Å². The van der Waals surface area contributed by atoms with Crippen molar-refractivity contribution in [1.82, 2.24) is 4.90 Å². The van der Waals surface area contributed by atoms with E-state index in [9.17, 15) is 4.79 Å². The molecule has 2 aromatic carbocycles. The fourth-order valence-corrected chi connectivity index (χ4v) is 3.55. The van der Waals surface area contributed by atoms with Crippen LogP contribution in [-0.2, 0) is 24.2 Å². The predicted molar refractivity (Wildman–Crippen MR) is 105 cm³/mol. The van der Waals surface area contributed by atoms with Gasteiger partial charge in [0, 0.05) is 22.7 Å². The molecule has 0 aliphatic carbocycles. The Morgan fingerprint density at radius 2 is 2.19 bits per heavy atom. The minimum absolute atomic E-state index is 0.00213. The van der Waals surface area contributed by atoms with Crippen molar-refractivity contribution in [2.24, 2.45) is 0 Å².